The molecule has 0 aliphatic heterocycles. The SMILES string of the molecule is NC(=O)N(c1cccc(OC(F)(F)F)c1)C1CCC(Oc2ccc(C(=O)O)cc2)CC1. The van der Waals surface area contributed by atoms with Crippen LogP contribution in [0.5, 0.6) is 11.5 Å². The lowest BCUT2D eigenvalue weighted by Gasteiger charge is -2.36. The Morgan fingerprint density at radius 3 is 2.19 bits per heavy atom. The second-order valence-electron chi connectivity index (χ2n) is 7.13. The summed E-state index contributed by atoms with van der Waals surface area (Å²) in [6.07, 6.45) is -2.73. The number of amides is 2. The Morgan fingerprint density at radius 1 is 1.00 bits per heavy atom. The number of nitrogens with two attached hydrogens (primary N) is 1. The van der Waals surface area contributed by atoms with Crippen LogP contribution in [0.25, 0.3) is 0 Å². The number of alkyl halides is 3. The van der Waals surface area contributed by atoms with E-state index < -0.39 is 24.1 Å². The standard InChI is InChI=1S/C21H21F3N2O5/c22-21(23,24)31-18-3-1-2-15(12-18)26(20(25)29)14-6-10-17(11-7-14)30-16-8-4-13(5-9-16)19(27)28/h1-5,8-9,12,14,17H,6-7,10-11H2,(H2,25,29)(H,27,28). The first-order valence-electron chi connectivity index (χ1n) is 9.57. The molecule has 0 aromatic heterocycles. The van der Waals surface area contributed by atoms with E-state index in [-0.39, 0.29) is 23.4 Å². The van der Waals surface area contributed by atoms with Gasteiger partial charge in [0.15, 0.2) is 0 Å². The molecular weight excluding hydrogens is 417 g/mol. The largest absolute Gasteiger partial charge is 0.573 e. The summed E-state index contributed by atoms with van der Waals surface area (Å²) in [5.41, 5.74) is 5.90. The molecule has 0 spiro atoms. The van der Waals surface area contributed by atoms with E-state index >= 15 is 0 Å². The first kappa shape index (κ1) is 22.3. The summed E-state index contributed by atoms with van der Waals surface area (Å²) in [4.78, 5) is 24.3. The molecule has 0 heterocycles. The molecule has 0 radical (unpaired) electrons. The Labute approximate surface area is 176 Å². The minimum atomic E-state index is -4.84. The Kier molecular flexibility index (Phi) is 6.57. The van der Waals surface area contributed by atoms with Crippen LogP contribution in [0.1, 0.15) is 36.0 Å². The summed E-state index contributed by atoms with van der Waals surface area (Å²) < 4.78 is 47.3. The van der Waals surface area contributed by atoms with Crippen LogP contribution >= 0.6 is 0 Å². The minimum Gasteiger partial charge on any atom is -0.490 e. The maximum atomic E-state index is 12.5. The molecular formula is C21H21F3N2O5. The predicted octanol–water partition coefficient (Wildman–Crippen LogP) is 4.56. The third kappa shape index (κ3) is 6.03. The molecule has 1 saturated carbocycles. The average Bonchev–Trinajstić information content (AvgIpc) is 2.69. The lowest BCUT2D eigenvalue weighted by atomic mass is 9.91. The number of hydrogen-bond donors (Lipinski definition) is 2. The number of carbonyl (C=O) groups is 2. The zero-order valence-corrected chi connectivity index (χ0v) is 16.3. The fourth-order valence-corrected chi connectivity index (χ4v) is 3.64. The fourth-order valence-electron chi connectivity index (χ4n) is 3.64. The third-order valence-electron chi connectivity index (χ3n) is 4.98. The van der Waals surface area contributed by atoms with Crippen molar-refractivity contribution >= 4 is 17.7 Å². The molecule has 10 heteroatoms. The van der Waals surface area contributed by atoms with Gasteiger partial charge in [0.25, 0.3) is 0 Å². The highest BCUT2D eigenvalue weighted by atomic mass is 19.4. The maximum absolute atomic E-state index is 12.5. The van der Waals surface area contributed by atoms with Gasteiger partial charge >= 0.3 is 18.4 Å². The maximum Gasteiger partial charge on any atom is 0.573 e. The number of halogens is 3. The molecule has 1 fully saturated rings. The van der Waals surface area contributed by atoms with E-state index in [1.54, 1.807) is 12.1 Å². The van der Waals surface area contributed by atoms with Gasteiger partial charge < -0.3 is 20.3 Å². The zero-order valence-electron chi connectivity index (χ0n) is 16.3. The monoisotopic (exact) mass is 438 g/mol. The van der Waals surface area contributed by atoms with Crippen molar-refractivity contribution in [3.05, 3.63) is 54.1 Å². The molecule has 1 aliphatic rings. The van der Waals surface area contributed by atoms with Crippen molar-refractivity contribution in [3.8, 4) is 11.5 Å². The third-order valence-corrected chi connectivity index (χ3v) is 4.98. The molecule has 2 aromatic rings. The van der Waals surface area contributed by atoms with Crippen LogP contribution in [0.3, 0.4) is 0 Å². The normalized spacial score (nSPS) is 18.8. The number of rotatable bonds is 6. The quantitative estimate of drug-likeness (QED) is 0.689. The van der Waals surface area contributed by atoms with Crippen LogP contribution in [0, 0.1) is 0 Å². The van der Waals surface area contributed by atoms with Crippen molar-refractivity contribution in [3.63, 3.8) is 0 Å². The molecule has 166 valence electrons. The number of aromatic carboxylic acids is 1. The number of primary amides is 1. The van der Waals surface area contributed by atoms with Crippen molar-refractivity contribution in [2.24, 2.45) is 5.73 Å². The molecule has 2 aromatic carbocycles. The number of carboxylic acids is 1. The molecule has 0 atom stereocenters. The number of hydrogen-bond acceptors (Lipinski definition) is 4. The van der Waals surface area contributed by atoms with Gasteiger partial charge in [0, 0.05) is 17.8 Å². The highest BCUT2D eigenvalue weighted by Crippen LogP contribution is 2.32. The average molecular weight is 438 g/mol. The lowest BCUT2D eigenvalue weighted by Crippen LogP contribution is -2.46. The van der Waals surface area contributed by atoms with Crippen molar-refractivity contribution in [1.29, 1.82) is 0 Å². The fraction of sp³-hybridized carbons (Fsp3) is 0.333. The van der Waals surface area contributed by atoms with Crippen LogP contribution in [0.2, 0.25) is 0 Å². The second kappa shape index (κ2) is 9.15. The summed E-state index contributed by atoms with van der Waals surface area (Å²) in [6.45, 7) is 0. The van der Waals surface area contributed by atoms with E-state index in [1.165, 1.54) is 29.2 Å². The highest BCUT2D eigenvalue weighted by molar-refractivity contribution is 5.91. The Morgan fingerprint density at radius 2 is 1.65 bits per heavy atom. The van der Waals surface area contributed by atoms with Gasteiger partial charge in [-0.2, -0.15) is 0 Å². The second-order valence-corrected chi connectivity index (χ2v) is 7.13. The van der Waals surface area contributed by atoms with Gasteiger partial charge in [0.2, 0.25) is 0 Å². The molecule has 0 saturated heterocycles. The van der Waals surface area contributed by atoms with E-state index in [4.69, 9.17) is 15.6 Å². The summed E-state index contributed by atoms with van der Waals surface area (Å²) in [5.74, 6) is -0.918. The van der Waals surface area contributed by atoms with Gasteiger partial charge in [0.1, 0.15) is 11.5 Å². The van der Waals surface area contributed by atoms with Gasteiger partial charge in [-0.25, -0.2) is 9.59 Å². The molecule has 0 bridgehead atoms. The molecule has 31 heavy (non-hydrogen) atoms. The van der Waals surface area contributed by atoms with Crippen LogP contribution < -0.4 is 20.1 Å². The van der Waals surface area contributed by atoms with Crippen molar-refractivity contribution in [2.45, 2.75) is 44.2 Å². The Balaban J connectivity index is 1.64. The molecule has 2 amide bonds. The highest BCUT2D eigenvalue weighted by Gasteiger charge is 2.33. The van der Waals surface area contributed by atoms with Crippen molar-refractivity contribution < 1.29 is 37.3 Å². The topological polar surface area (TPSA) is 102 Å². The summed E-state index contributed by atoms with van der Waals surface area (Å²) in [6, 6.07) is 10.1. The summed E-state index contributed by atoms with van der Waals surface area (Å²) in [7, 11) is 0. The lowest BCUT2D eigenvalue weighted by molar-refractivity contribution is -0.274. The minimum absolute atomic E-state index is 0.137. The zero-order chi connectivity index (χ0) is 22.6. The van der Waals surface area contributed by atoms with Crippen molar-refractivity contribution in [2.75, 3.05) is 4.90 Å². The first-order valence-corrected chi connectivity index (χ1v) is 9.57. The first-order chi connectivity index (χ1) is 14.6. The number of ether oxygens (including phenoxy) is 2. The molecule has 3 rings (SSSR count). The number of urea groups is 1. The summed E-state index contributed by atoms with van der Waals surface area (Å²) >= 11 is 0. The van der Waals surface area contributed by atoms with Gasteiger partial charge in [-0.3, -0.25) is 4.90 Å². The predicted molar refractivity (Wildman–Crippen MR) is 105 cm³/mol. The number of carboxylic acid groups (broad SMARTS) is 1. The van der Waals surface area contributed by atoms with Crippen LogP contribution in [-0.4, -0.2) is 35.6 Å². The van der Waals surface area contributed by atoms with Gasteiger partial charge in [0.05, 0.1) is 11.7 Å². The van der Waals surface area contributed by atoms with Gasteiger partial charge in [-0.15, -0.1) is 13.2 Å². The van der Waals surface area contributed by atoms with Crippen molar-refractivity contribution in [1.82, 2.24) is 0 Å². The van der Waals surface area contributed by atoms with E-state index in [9.17, 15) is 22.8 Å². The number of anilines is 1. The number of benzene rings is 2. The van der Waals surface area contributed by atoms with Gasteiger partial charge in [-0.05, 0) is 62.1 Å². The van der Waals surface area contributed by atoms with E-state index in [2.05, 4.69) is 4.74 Å². The van der Waals surface area contributed by atoms with Crippen LogP contribution in [0.15, 0.2) is 48.5 Å². The molecule has 7 nitrogen and oxygen atoms in total. The van der Waals surface area contributed by atoms with Crippen LogP contribution in [0.4, 0.5) is 23.7 Å². The van der Waals surface area contributed by atoms with E-state index in [1.807, 2.05) is 0 Å². The van der Waals surface area contributed by atoms with E-state index in [0.29, 0.717) is 31.4 Å². The number of nitrogens with zero attached hydrogens (tertiary/aromatic N) is 1. The number of carbonyl (C=O) groups excluding carboxylic acids is 1. The molecule has 0 unspecified atom stereocenters. The molecule has 1 aliphatic carbocycles. The van der Waals surface area contributed by atoms with E-state index in [0.717, 1.165) is 12.1 Å². The Hall–Kier alpha value is -3.43. The Bertz CT molecular complexity index is 925. The smallest absolute Gasteiger partial charge is 0.490 e. The van der Waals surface area contributed by atoms with Gasteiger partial charge in [-0.1, -0.05) is 6.07 Å². The molecule has 3 N–H and O–H groups in total. The van der Waals surface area contributed by atoms with Crippen LogP contribution in [-0.2, 0) is 0 Å². The summed E-state index contributed by atoms with van der Waals surface area (Å²) in [5, 5.41) is 8.94.